The van der Waals surface area contributed by atoms with E-state index in [-0.39, 0.29) is 0 Å². The number of anilines is 1. The molecule has 1 aromatic carbocycles. The standard InChI is InChI=1S/C11H14N2/c12-10-6-4-9(5-7-10)11-3-1-2-8-13-11/h1-2,4-7,11,13H,3,8,12H2. The van der Waals surface area contributed by atoms with Crippen LogP contribution in [0.15, 0.2) is 36.4 Å². The van der Waals surface area contributed by atoms with Crippen LogP contribution in [0.5, 0.6) is 0 Å². The van der Waals surface area contributed by atoms with Crippen molar-refractivity contribution in [3.05, 3.63) is 42.0 Å². The molecular formula is C11H14N2. The van der Waals surface area contributed by atoms with Crippen molar-refractivity contribution in [2.24, 2.45) is 0 Å². The van der Waals surface area contributed by atoms with Gasteiger partial charge in [0.1, 0.15) is 0 Å². The van der Waals surface area contributed by atoms with Crippen LogP contribution in [0.25, 0.3) is 0 Å². The third-order valence-corrected chi connectivity index (χ3v) is 2.36. The summed E-state index contributed by atoms with van der Waals surface area (Å²) in [5.41, 5.74) is 7.77. The van der Waals surface area contributed by atoms with E-state index in [0.29, 0.717) is 6.04 Å². The van der Waals surface area contributed by atoms with Crippen molar-refractivity contribution < 1.29 is 0 Å². The predicted octanol–water partition coefficient (Wildman–Crippen LogP) is 1.86. The molecule has 2 nitrogen and oxygen atoms in total. The summed E-state index contributed by atoms with van der Waals surface area (Å²) in [4.78, 5) is 0. The molecule has 3 N–H and O–H groups in total. The normalized spacial score (nSPS) is 21.7. The van der Waals surface area contributed by atoms with E-state index in [4.69, 9.17) is 5.73 Å². The van der Waals surface area contributed by atoms with E-state index in [0.717, 1.165) is 18.7 Å². The average molecular weight is 174 g/mol. The summed E-state index contributed by atoms with van der Waals surface area (Å²) >= 11 is 0. The lowest BCUT2D eigenvalue weighted by Crippen LogP contribution is -2.23. The quantitative estimate of drug-likeness (QED) is 0.504. The zero-order valence-corrected chi connectivity index (χ0v) is 7.53. The molecule has 2 rings (SSSR count). The average Bonchev–Trinajstić information content (AvgIpc) is 2.20. The summed E-state index contributed by atoms with van der Waals surface area (Å²) in [7, 11) is 0. The third kappa shape index (κ3) is 1.90. The van der Waals surface area contributed by atoms with Gasteiger partial charge in [-0.25, -0.2) is 0 Å². The first-order chi connectivity index (χ1) is 6.36. The molecule has 0 bridgehead atoms. The molecule has 0 spiro atoms. The van der Waals surface area contributed by atoms with Crippen LogP contribution >= 0.6 is 0 Å². The van der Waals surface area contributed by atoms with Gasteiger partial charge in [-0.15, -0.1) is 0 Å². The molecule has 0 aliphatic carbocycles. The lowest BCUT2D eigenvalue weighted by Gasteiger charge is -2.19. The van der Waals surface area contributed by atoms with Crippen molar-refractivity contribution in [3.8, 4) is 0 Å². The second-order valence-electron chi connectivity index (χ2n) is 3.33. The molecule has 0 radical (unpaired) electrons. The molecule has 0 saturated carbocycles. The number of benzene rings is 1. The molecule has 1 aliphatic heterocycles. The molecule has 1 unspecified atom stereocenters. The van der Waals surface area contributed by atoms with E-state index in [1.807, 2.05) is 12.1 Å². The Bertz CT molecular complexity index is 300. The minimum atomic E-state index is 0.464. The lowest BCUT2D eigenvalue weighted by molar-refractivity contribution is 0.555. The maximum atomic E-state index is 5.62. The van der Waals surface area contributed by atoms with Crippen molar-refractivity contribution >= 4 is 5.69 Å². The lowest BCUT2D eigenvalue weighted by atomic mass is 10.0. The number of nitrogens with two attached hydrogens (primary N) is 1. The number of nitrogen functional groups attached to an aromatic ring is 1. The van der Waals surface area contributed by atoms with E-state index < -0.39 is 0 Å². The van der Waals surface area contributed by atoms with Gasteiger partial charge in [-0.3, -0.25) is 0 Å². The van der Waals surface area contributed by atoms with Crippen LogP contribution in [-0.4, -0.2) is 6.54 Å². The summed E-state index contributed by atoms with van der Waals surface area (Å²) in [6.07, 6.45) is 5.45. The fraction of sp³-hybridized carbons (Fsp3) is 0.273. The van der Waals surface area contributed by atoms with E-state index in [1.54, 1.807) is 0 Å². The van der Waals surface area contributed by atoms with E-state index in [9.17, 15) is 0 Å². The van der Waals surface area contributed by atoms with Crippen molar-refractivity contribution in [3.63, 3.8) is 0 Å². The Morgan fingerprint density at radius 1 is 1.15 bits per heavy atom. The highest BCUT2D eigenvalue weighted by molar-refractivity contribution is 5.40. The molecule has 1 heterocycles. The van der Waals surface area contributed by atoms with Crippen LogP contribution in [0.2, 0.25) is 0 Å². The number of nitrogens with one attached hydrogen (secondary N) is 1. The van der Waals surface area contributed by atoms with Crippen molar-refractivity contribution in [2.75, 3.05) is 12.3 Å². The van der Waals surface area contributed by atoms with Gasteiger partial charge in [0.25, 0.3) is 0 Å². The number of rotatable bonds is 1. The summed E-state index contributed by atoms with van der Waals surface area (Å²) in [5.74, 6) is 0. The predicted molar refractivity (Wildman–Crippen MR) is 55.4 cm³/mol. The summed E-state index contributed by atoms with van der Waals surface area (Å²) in [6.45, 7) is 0.967. The third-order valence-electron chi connectivity index (χ3n) is 2.36. The highest BCUT2D eigenvalue weighted by atomic mass is 14.9. The van der Waals surface area contributed by atoms with Gasteiger partial charge in [-0.05, 0) is 24.1 Å². The molecule has 0 aromatic heterocycles. The second kappa shape index (κ2) is 3.62. The molecule has 1 aliphatic rings. The minimum Gasteiger partial charge on any atom is -0.399 e. The Morgan fingerprint density at radius 3 is 2.54 bits per heavy atom. The molecule has 13 heavy (non-hydrogen) atoms. The van der Waals surface area contributed by atoms with Gasteiger partial charge in [-0.2, -0.15) is 0 Å². The SMILES string of the molecule is Nc1ccc(C2CC=CCN2)cc1. The Kier molecular flexibility index (Phi) is 2.32. The van der Waals surface area contributed by atoms with Crippen LogP contribution in [-0.2, 0) is 0 Å². The fourth-order valence-corrected chi connectivity index (χ4v) is 1.59. The van der Waals surface area contributed by atoms with Gasteiger partial charge in [0.15, 0.2) is 0 Å². The highest BCUT2D eigenvalue weighted by Crippen LogP contribution is 2.20. The van der Waals surface area contributed by atoms with Gasteiger partial charge >= 0.3 is 0 Å². The smallest absolute Gasteiger partial charge is 0.0357 e. The second-order valence-corrected chi connectivity index (χ2v) is 3.33. The topological polar surface area (TPSA) is 38.0 Å². The van der Waals surface area contributed by atoms with Crippen LogP contribution in [0, 0.1) is 0 Å². The first-order valence-corrected chi connectivity index (χ1v) is 4.60. The molecule has 2 heteroatoms. The van der Waals surface area contributed by atoms with Crippen molar-refractivity contribution in [1.29, 1.82) is 0 Å². The number of hydrogen-bond acceptors (Lipinski definition) is 2. The zero-order chi connectivity index (χ0) is 9.10. The molecular weight excluding hydrogens is 160 g/mol. The maximum Gasteiger partial charge on any atom is 0.0357 e. The monoisotopic (exact) mass is 174 g/mol. The maximum absolute atomic E-state index is 5.62. The summed E-state index contributed by atoms with van der Waals surface area (Å²) in [5, 5.41) is 3.43. The van der Waals surface area contributed by atoms with Crippen molar-refractivity contribution in [1.82, 2.24) is 5.32 Å². The minimum absolute atomic E-state index is 0.464. The Morgan fingerprint density at radius 2 is 1.92 bits per heavy atom. The first-order valence-electron chi connectivity index (χ1n) is 4.60. The van der Waals surface area contributed by atoms with Gasteiger partial charge < -0.3 is 11.1 Å². The fourth-order valence-electron chi connectivity index (χ4n) is 1.59. The molecule has 1 aromatic rings. The largest absolute Gasteiger partial charge is 0.399 e. The summed E-state index contributed by atoms with van der Waals surface area (Å²) < 4.78 is 0. The van der Waals surface area contributed by atoms with Crippen LogP contribution in [0.3, 0.4) is 0 Å². The first kappa shape index (κ1) is 8.32. The van der Waals surface area contributed by atoms with Gasteiger partial charge in [0, 0.05) is 18.3 Å². The molecule has 0 amide bonds. The molecule has 1 atom stereocenters. The Hall–Kier alpha value is -1.28. The van der Waals surface area contributed by atoms with Crippen LogP contribution in [0.1, 0.15) is 18.0 Å². The van der Waals surface area contributed by atoms with Gasteiger partial charge in [-0.1, -0.05) is 24.3 Å². The molecule has 0 saturated heterocycles. The highest BCUT2D eigenvalue weighted by Gasteiger charge is 2.10. The zero-order valence-electron chi connectivity index (χ0n) is 7.53. The van der Waals surface area contributed by atoms with Crippen molar-refractivity contribution in [2.45, 2.75) is 12.5 Å². The Balaban J connectivity index is 2.15. The Labute approximate surface area is 78.5 Å². The molecule has 68 valence electrons. The van der Waals surface area contributed by atoms with E-state index in [2.05, 4.69) is 29.6 Å². The van der Waals surface area contributed by atoms with Gasteiger partial charge in [0.2, 0.25) is 0 Å². The van der Waals surface area contributed by atoms with E-state index in [1.165, 1.54) is 5.56 Å². The van der Waals surface area contributed by atoms with E-state index >= 15 is 0 Å². The number of hydrogen-bond donors (Lipinski definition) is 2. The summed E-state index contributed by atoms with van der Waals surface area (Å²) in [6, 6.07) is 8.55. The van der Waals surface area contributed by atoms with Crippen LogP contribution < -0.4 is 11.1 Å². The van der Waals surface area contributed by atoms with Crippen LogP contribution in [0.4, 0.5) is 5.69 Å². The van der Waals surface area contributed by atoms with Gasteiger partial charge in [0.05, 0.1) is 0 Å². The molecule has 0 fully saturated rings.